The number of hydrogen-bond donors (Lipinski definition) is 0. The fourth-order valence-corrected chi connectivity index (χ4v) is 5.57. The molecule has 0 radical (unpaired) electrons. The Labute approximate surface area is 158 Å². The number of fused-ring (bicyclic) bond motifs is 2. The highest BCUT2D eigenvalue weighted by Gasteiger charge is 2.42. The van der Waals surface area contributed by atoms with Gasteiger partial charge in [0.25, 0.3) is 0 Å². The van der Waals surface area contributed by atoms with Gasteiger partial charge in [-0.2, -0.15) is 0 Å². The fraction of sp³-hybridized carbons (Fsp3) is 0.950. The van der Waals surface area contributed by atoms with Gasteiger partial charge in [-0.25, -0.2) is 4.79 Å². The van der Waals surface area contributed by atoms with Crippen LogP contribution in [0.4, 0.5) is 4.79 Å². The van der Waals surface area contributed by atoms with Gasteiger partial charge in [0.05, 0.1) is 6.04 Å². The van der Waals surface area contributed by atoms with Crippen LogP contribution in [0.15, 0.2) is 0 Å². The van der Waals surface area contributed by atoms with Gasteiger partial charge >= 0.3 is 6.09 Å². The van der Waals surface area contributed by atoms with Crippen LogP contribution in [0.1, 0.15) is 33.6 Å². The standard InChI is InChI=1S/C20H36N4O2/c1-15(22-11-16-9-21(4)10-17(16)12-22)5-6-20(2,3)23-7-8-24-18(13-23)14-26-19(24)25/h15-18H,5-14H2,1-4H3. The van der Waals surface area contributed by atoms with E-state index < -0.39 is 0 Å². The second-order valence-corrected chi connectivity index (χ2v) is 9.77. The average molecular weight is 365 g/mol. The number of nitrogens with zero attached hydrogens (tertiary/aromatic N) is 4. The number of cyclic esters (lactones) is 1. The van der Waals surface area contributed by atoms with Gasteiger partial charge in [-0.1, -0.05) is 0 Å². The molecule has 4 unspecified atom stereocenters. The summed E-state index contributed by atoms with van der Waals surface area (Å²) in [6.45, 7) is 15.6. The summed E-state index contributed by atoms with van der Waals surface area (Å²) < 4.78 is 5.22. The van der Waals surface area contributed by atoms with Crippen LogP contribution in [0.2, 0.25) is 0 Å². The molecule has 0 bridgehead atoms. The fourth-order valence-electron chi connectivity index (χ4n) is 5.57. The van der Waals surface area contributed by atoms with E-state index in [1.165, 1.54) is 39.0 Å². The highest BCUT2D eigenvalue weighted by atomic mass is 16.6. The Morgan fingerprint density at radius 3 is 2.50 bits per heavy atom. The van der Waals surface area contributed by atoms with Crippen molar-refractivity contribution in [1.82, 2.24) is 19.6 Å². The minimum Gasteiger partial charge on any atom is -0.447 e. The first-order valence-corrected chi connectivity index (χ1v) is 10.4. The molecule has 4 rings (SSSR count). The van der Waals surface area contributed by atoms with Crippen molar-refractivity contribution in [2.24, 2.45) is 11.8 Å². The zero-order valence-corrected chi connectivity index (χ0v) is 17.0. The summed E-state index contributed by atoms with van der Waals surface area (Å²) in [5.41, 5.74) is 0.182. The molecule has 4 fully saturated rings. The molecule has 0 saturated carbocycles. The highest BCUT2D eigenvalue weighted by Crippen LogP contribution is 2.33. The van der Waals surface area contributed by atoms with Crippen LogP contribution in [-0.4, -0.2) is 103 Å². The molecule has 0 aromatic carbocycles. The first-order valence-electron chi connectivity index (χ1n) is 10.4. The van der Waals surface area contributed by atoms with Crippen LogP contribution < -0.4 is 0 Å². The van der Waals surface area contributed by atoms with Crippen LogP contribution in [0, 0.1) is 11.8 Å². The number of rotatable bonds is 5. The average Bonchev–Trinajstić information content (AvgIpc) is 3.25. The Balaban J connectivity index is 1.26. The Morgan fingerprint density at radius 1 is 1.12 bits per heavy atom. The third-order valence-corrected chi connectivity index (χ3v) is 7.47. The zero-order valence-electron chi connectivity index (χ0n) is 17.0. The SMILES string of the molecule is CC(CCC(C)(C)N1CCN2C(=O)OCC2C1)N1CC2CN(C)CC2C1. The maximum Gasteiger partial charge on any atom is 0.410 e. The number of piperazine rings is 1. The molecule has 148 valence electrons. The molecule has 0 aromatic heterocycles. The third kappa shape index (κ3) is 3.48. The van der Waals surface area contributed by atoms with Crippen LogP contribution in [0.3, 0.4) is 0 Å². The molecule has 4 aliphatic rings. The van der Waals surface area contributed by atoms with Crippen molar-refractivity contribution in [3.8, 4) is 0 Å². The lowest BCUT2D eigenvalue weighted by atomic mass is 9.92. The van der Waals surface area contributed by atoms with E-state index >= 15 is 0 Å². The molecule has 6 heteroatoms. The topological polar surface area (TPSA) is 39.3 Å². The van der Waals surface area contributed by atoms with E-state index in [1.807, 2.05) is 4.90 Å². The smallest absolute Gasteiger partial charge is 0.410 e. The molecule has 0 N–H and O–H groups in total. The molecule has 4 heterocycles. The summed E-state index contributed by atoms with van der Waals surface area (Å²) in [6.07, 6.45) is 2.34. The van der Waals surface area contributed by atoms with Gasteiger partial charge in [0.2, 0.25) is 0 Å². The Hall–Kier alpha value is -0.850. The lowest BCUT2D eigenvalue weighted by Gasteiger charge is -2.45. The summed E-state index contributed by atoms with van der Waals surface area (Å²) in [5, 5.41) is 0. The first kappa shape index (κ1) is 18.5. The van der Waals surface area contributed by atoms with Crippen LogP contribution >= 0.6 is 0 Å². The van der Waals surface area contributed by atoms with Crippen molar-refractivity contribution in [2.75, 3.05) is 59.5 Å². The Bertz CT molecular complexity index is 526. The third-order valence-electron chi connectivity index (χ3n) is 7.47. The van der Waals surface area contributed by atoms with Gasteiger partial charge in [0, 0.05) is 57.4 Å². The molecule has 0 spiro atoms. The van der Waals surface area contributed by atoms with E-state index in [4.69, 9.17) is 4.74 Å². The predicted octanol–water partition coefficient (Wildman–Crippen LogP) is 1.56. The van der Waals surface area contributed by atoms with Gasteiger partial charge in [-0.3, -0.25) is 14.7 Å². The number of carbonyl (C=O) groups is 1. The maximum atomic E-state index is 11.7. The van der Waals surface area contributed by atoms with Crippen molar-refractivity contribution in [1.29, 1.82) is 0 Å². The summed E-state index contributed by atoms with van der Waals surface area (Å²) in [6, 6.07) is 0.922. The lowest BCUT2D eigenvalue weighted by molar-refractivity contribution is 0.0358. The molecule has 0 aromatic rings. The van der Waals surface area contributed by atoms with Crippen LogP contribution in [-0.2, 0) is 4.74 Å². The van der Waals surface area contributed by atoms with E-state index in [2.05, 4.69) is 42.5 Å². The van der Waals surface area contributed by atoms with E-state index in [1.54, 1.807) is 0 Å². The molecule has 1 amide bonds. The Kier molecular flexibility index (Phi) is 4.95. The van der Waals surface area contributed by atoms with E-state index in [-0.39, 0.29) is 17.7 Å². The van der Waals surface area contributed by atoms with E-state index in [0.717, 1.165) is 31.5 Å². The summed E-state index contributed by atoms with van der Waals surface area (Å²) in [4.78, 5) is 21.4. The molecule has 4 atom stereocenters. The van der Waals surface area contributed by atoms with E-state index in [0.29, 0.717) is 12.6 Å². The highest BCUT2D eigenvalue weighted by molar-refractivity contribution is 5.70. The van der Waals surface area contributed by atoms with Crippen molar-refractivity contribution in [3.05, 3.63) is 0 Å². The van der Waals surface area contributed by atoms with Gasteiger partial charge in [-0.15, -0.1) is 0 Å². The summed E-state index contributed by atoms with van der Waals surface area (Å²) in [7, 11) is 2.26. The van der Waals surface area contributed by atoms with Crippen molar-refractivity contribution >= 4 is 6.09 Å². The minimum absolute atomic E-state index is 0.119. The van der Waals surface area contributed by atoms with Gasteiger partial charge < -0.3 is 9.64 Å². The van der Waals surface area contributed by atoms with Crippen LogP contribution in [0.25, 0.3) is 0 Å². The molecule has 0 aliphatic carbocycles. The van der Waals surface area contributed by atoms with Crippen LogP contribution in [0.5, 0.6) is 0 Å². The lowest BCUT2D eigenvalue weighted by Crippen LogP contribution is -2.58. The predicted molar refractivity (Wildman–Crippen MR) is 102 cm³/mol. The van der Waals surface area contributed by atoms with Gasteiger partial charge in [-0.05, 0) is 52.5 Å². The zero-order chi connectivity index (χ0) is 18.5. The van der Waals surface area contributed by atoms with Crippen molar-refractivity contribution in [2.45, 2.75) is 51.2 Å². The molecular formula is C20H36N4O2. The molecule has 4 saturated heterocycles. The Morgan fingerprint density at radius 2 is 1.81 bits per heavy atom. The largest absolute Gasteiger partial charge is 0.447 e. The second kappa shape index (κ2) is 6.95. The maximum absolute atomic E-state index is 11.7. The quantitative estimate of drug-likeness (QED) is 0.740. The number of carbonyl (C=O) groups excluding carboxylic acids is 1. The first-order chi connectivity index (χ1) is 12.3. The minimum atomic E-state index is -0.119. The van der Waals surface area contributed by atoms with Gasteiger partial charge in [0.15, 0.2) is 0 Å². The second-order valence-electron chi connectivity index (χ2n) is 9.77. The number of likely N-dealkylation sites (tertiary alicyclic amines) is 2. The van der Waals surface area contributed by atoms with E-state index in [9.17, 15) is 4.79 Å². The molecule has 6 nitrogen and oxygen atoms in total. The molecule has 4 aliphatic heterocycles. The molecule has 26 heavy (non-hydrogen) atoms. The van der Waals surface area contributed by atoms with Crippen molar-refractivity contribution < 1.29 is 9.53 Å². The number of hydrogen-bond acceptors (Lipinski definition) is 5. The number of ether oxygens (including phenoxy) is 1. The van der Waals surface area contributed by atoms with Crippen molar-refractivity contribution in [3.63, 3.8) is 0 Å². The monoisotopic (exact) mass is 364 g/mol. The molecular weight excluding hydrogens is 328 g/mol. The number of amides is 1. The van der Waals surface area contributed by atoms with Gasteiger partial charge in [0.1, 0.15) is 6.61 Å². The normalized spacial score (nSPS) is 34.8. The summed E-state index contributed by atoms with van der Waals surface area (Å²) in [5.74, 6) is 1.78. The summed E-state index contributed by atoms with van der Waals surface area (Å²) >= 11 is 0.